The molecule has 0 aromatic carbocycles. The number of ether oxygens (including phenoxy) is 2. The summed E-state index contributed by atoms with van der Waals surface area (Å²) < 4.78 is 11.1. The summed E-state index contributed by atoms with van der Waals surface area (Å²) in [5, 5.41) is 0. The highest BCUT2D eigenvalue weighted by Gasteiger charge is 2.47. The van der Waals surface area contributed by atoms with Crippen molar-refractivity contribution in [2.24, 2.45) is 16.7 Å². The van der Waals surface area contributed by atoms with E-state index in [0.29, 0.717) is 5.92 Å². The van der Waals surface area contributed by atoms with Crippen molar-refractivity contribution in [1.29, 1.82) is 0 Å². The Labute approximate surface area is 127 Å². The number of rotatable bonds is 12. The highest BCUT2D eigenvalue weighted by Crippen LogP contribution is 2.48. The first-order chi connectivity index (χ1) is 9.38. The molecule has 0 aliphatic rings. The zero-order chi connectivity index (χ0) is 15.6. The second kappa shape index (κ2) is 9.78. The van der Waals surface area contributed by atoms with Gasteiger partial charge in [-0.15, -0.1) is 0 Å². The van der Waals surface area contributed by atoms with Crippen molar-refractivity contribution in [3.63, 3.8) is 0 Å². The van der Waals surface area contributed by atoms with E-state index in [1.807, 2.05) is 14.2 Å². The highest BCUT2D eigenvalue weighted by molar-refractivity contribution is 4.95. The minimum Gasteiger partial charge on any atom is -0.384 e. The predicted octanol–water partition coefficient (Wildman–Crippen LogP) is 5.31. The summed E-state index contributed by atoms with van der Waals surface area (Å²) in [6, 6.07) is 0. The Morgan fingerprint density at radius 2 is 1.35 bits per heavy atom. The topological polar surface area (TPSA) is 18.5 Å². The number of unbranched alkanes of at least 4 members (excludes halogenated alkanes) is 4. The SMILES string of the molecule is CCCCCCCC(C)(C)C(COC)(COC)C(C)C. The van der Waals surface area contributed by atoms with Crippen LogP contribution in [0.5, 0.6) is 0 Å². The van der Waals surface area contributed by atoms with Gasteiger partial charge in [0.1, 0.15) is 0 Å². The van der Waals surface area contributed by atoms with E-state index >= 15 is 0 Å². The summed E-state index contributed by atoms with van der Waals surface area (Å²) in [5.74, 6) is 0.549. The number of hydrogen-bond donors (Lipinski definition) is 0. The van der Waals surface area contributed by atoms with Crippen LogP contribution in [0, 0.1) is 16.7 Å². The van der Waals surface area contributed by atoms with Gasteiger partial charge >= 0.3 is 0 Å². The molecule has 0 saturated carbocycles. The molecule has 0 atom stereocenters. The van der Waals surface area contributed by atoms with Gasteiger partial charge in [0.2, 0.25) is 0 Å². The number of hydrogen-bond acceptors (Lipinski definition) is 2. The van der Waals surface area contributed by atoms with Gasteiger partial charge in [0, 0.05) is 19.6 Å². The average Bonchev–Trinajstić information content (AvgIpc) is 2.37. The van der Waals surface area contributed by atoms with Gasteiger partial charge < -0.3 is 9.47 Å². The third-order valence-corrected chi connectivity index (χ3v) is 5.16. The molecule has 0 heterocycles. The highest BCUT2D eigenvalue weighted by atomic mass is 16.5. The molecule has 0 unspecified atom stereocenters. The fraction of sp³-hybridized carbons (Fsp3) is 1.00. The summed E-state index contributed by atoms with van der Waals surface area (Å²) >= 11 is 0. The lowest BCUT2D eigenvalue weighted by Crippen LogP contribution is -2.49. The molecule has 0 aromatic rings. The third kappa shape index (κ3) is 5.37. The second-order valence-corrected chi connectivity index (χ2v) is 7.22. The summed E-state index contributed by atoms with van der Waals surface area (Å²) in [6.07, 6.45) is 7.97. The van der Waals surface area contributed by atoms with E-state index in [0.717, 1.165) is 13.2 Å². The minimum absolute atomic E-state index is 0.0985. The van der Waals surface area contributed by atoms with Gasteiger partial charge in [0.05, 0.1) is 13.2 Å². The Morgan fingerprint density at radius 3 is 1.75 bits per heavy atom. The van der Waals surface area contributed by atoms with E-state index in [1.54, 1.807) is 0 Å². The first kappa shape index (κ1) is 19.9. The molecule has 0 saturated heterocycles. The van der Waals surface area contributed by atoms with E-state index in [9.17, 15) is 0 Å². The van der Waals surface area contributed by atoms with Crippen LogP contribution in [0.3, 0.4) is 0 Å². The molecular weight excluding hydrogens is 248 g/mol. The molecule has 0 bridgehead atoms. The van der Waals surface area contributed by atoms with Gasteiger partial charge in [-0.1, -0.05) is 66.7 Å². The summed E-state index contributed by atoms with van der Waals surface area (Å²) in [5.41, 5.74) is 0.334. The molecule has 20 heavy (non-hydrogen) atoms. The molecule has 0 fully saturated rings. The molecule has 2 heteroatoms. The van der Waals surface area contributed by atoms with Crippen molar-refractivity contribution in [3.8, 4) is 0 Å². The third-order valence-electron chi connectivity index (χ3n) is 5.16. The maximum atomic E-state index is 5.57. The maximum Gasteiger partial charge on any atom is 0.0548 e. The largest absolute Gasteiger partial charge is 0.384 e. The Morgan fingerprint density at radius 1 is 0.850 bits per heavy atom. The second-order valence-electron chi connectivity index (χ2n) is 7.22. The lowest BCUT2D eigenvalue weighted by Gasteiger charge is -2.49. The molecule has 2 nitrogen and oxygen atoms in total. The molecule has 0 rings (SSSR count). The van der Waals surface area contributed by atoms with Crippen LogP contribution in [-0.2, 0) is 9.47 Å². The molecule has 0 aliphatic carbocycles. The van der Waals surface area contributed by atoms with Crippen molar-refractivity contribution in [1.82, 2.24) is 0 Å². The van der Waals surface area contributed by atoms with Gasteiger partial charge in [-0.05, 0) is 17.8 Å². The van der Waals surface area contributed by atoms with E-state index in [1.165, 1.54) is 38.5 Å². The van der Waals surface area contributed by atoms with Crippen LogP contribution in [0.2, 0.25) is 0 Å². The van der Waals surface area contributed by atoms with Crippen molar-refractivity contribution in [2.45, 2.75) is 73.1 Å². The normalized spacial score (nSPS) is 13.2. The van der Waals surface area contributed by atoms with Crippen LogP contribution in [0.25, 0.3) is 0 Å². The van der Waals surface area contributed by atoms with Crippen molar-refractivity contribution >= 4 is 0 Å². The molecule has 0 spiro atoms. The van der Waals surface area contributed by atoms with E-state index in [-0.39, 0.29) is 10.8 Å². The molecule has 0 aromatic heterocycles. The van der Waals surface area contributed by atoms with Crippen LogP contribution >= 0.6 is 0 Å². The van der Waals surface area contributed by atoms with Gasteiger partial charge in [0.15, 0.2) is 0 Å². The summed E-state index contributed by atoms with van der Waals surface area (Å²) in [7, 11) is 3.62. The van der Waals surface area contributed by atoms with Crippen molar-refractivity contribution < 1.29 is 9.47 Å². The molecular formula is C18H38O2. The standard InChI is InChI=1S/C18H38O2/c1-8-9-10-11-12-13-17(4,5)18(14-19-6,15-20-7)16(2)3/h16H,8-15H2,1-7H3. The van der Waals surface area contributed by atoms with Crippen LogP contribution in [0.15, 0.2) is 0 Å². The van der Waals surface area contributed by atoms with Crippen LogP contribution in [-0.4, -0.2) is 27.4 Å². The van der Waals surface area contributed by atoms with E-state index < -0.39 is 0 Å². The van der Waals surface area contributed by atoms with Gasteiger partial charge in [0.25, 0.3) is 0 Å². The van der Waals surface area contributed by atoms with E-state index in [4.69, 9.17) is 9.47 Å². The van der Waals surface area contributed by atoms with Crippen molar-refractivity contribution in [2.75, 3.05) is 27.4 Å². The smallest absolute Gasteiger partial charge is 0.0548 e. The van der Waals surface area contributed by atoms with Gasteiger partial charge in [-0.25, -0.2) is 0 Å². The number of methoxy groups -OCH3 is 2. The zero-order valence-corrected chi connectivity index (χ0v) is 15.1. The summed E-state index contributed by atoms with van der Waals surface area (Å²) in [6.45, 7) is 13.2. The Bertz CT molecular complexity index is 228. The van der Waals surface area contributed by atoms with Gasteiger partial charge in [-0.2, -0.15) is 0 Å². The molecule has 0 N–H and O–H groups in total. The molecule has 0 aliphatic heterocycles. The Hall–Kier alpha value is -0.0800. The minimum atomic E-state index is 0.0985. The Balaban J connectivity index is 4.74. The van der Waals surface area contributed by atoms with E-state index in [2.05, 4.69) is 34.6 Å². The first-order valence-electron chi connectivity index (χ1n) is 8.35. The monoisotopic (exact) mass is 286 g/mol. The van der Waals surface area contributed by atoms with Gasteiger partial charge in [-0.3, -0.25) is 0 Å². The first-order valence-corrected chi connectivity index (χ1v) is 8.35. The molecule has 122 valence electrons. The molecule has 0 radical (unpaired) electrons. The fourth-order valence-electron chi connectivity index (χ4n) is 3.48. The molecule has 0 amide bonds. The van der Waals surface area contributed by atoms with Crippen LogP contribution in [0.1, 0.15) is 73.1 Å². The fourth-order valence-corrected chi connectivity index (χ4v) is 3.48. The maximum absolute atomic E-state index is 5.57. The lowest BCUT2D eigenvalue weighted by molar-refractivity contribution is -0.102. The van der Waals surface area contributed by atoms with Crippen LogP contribution in [0.4, 0.5) is 0 Å². The predicted molar refractivity (Wildman–Crippen MR) is 88.2 cm³/mol. The average molecular weight is 286 g/mol. The zero-order valence-electron chi connectivity index (χ0n) is 15.1. The Kier molecular flexibility index (Phi) is 9.74. The quantitative estimate of drug-likeness (QED) is 0.453. The summed E-state index contributed by atoms with van der Waals surface area (Å²) in [4.78, 5) is 0. The lowest BCUT2D eigenvalue weighted by atomic mass is 9.58. The van der Waals surface area contributed by atoms with Crippen molar-refractivity contribution in [3.05, 3.63) is 0 Å². The van der Waals surface area contributed by atoms with Crippen LogP contribution < -0.4 is 0 Å².